The molecule has 0 aliphatic rings. The third kappa shape index (κ3) is 3.65. The molecule has 0 unspecified atom stereocenters. The highest BCUT2D eigenvalue weighted by Crippen LogP contribution is 2.18. The molecule has 8 heteroatoms. The van der Waals surface area contributed by atoms with E-state index < -0.39 is 17.6 Å². The van der Waals surface area contributed by atoms with E-state index >= 15 is 0 Å². The van der Waals surface area contributed by atoms with E-state index in [-0.39, 0.29) is 0 Å². The Morgan fingerprint density at radius 3 is 2.79 bits per heavy atom. The topological polar surface area (TPSA) is 81.4 Å². The molecule has 0 saturated carbocycles. The Kier molecular flexibility index (Phi) is 3.88. The minimum absolute atomic E-state index is 0.366. The van der Waals surface area contributed by atoms with Crippen LogP contribution in [0.4, 0.5) is 14.9 Å². The average Bonchev–Trinajstić information content (AvgIpc) is 2.88. The molecule has 24 heavy (non-hydrogen) atoms. The van der Waals surface area contributed by atoms with E-state index in [0.29, 0.717) is 22.7 Å². The molecule has 0 spiro atoms. The number of anilines is 1. The van der Waals surface area contributed by atoms with Crippen molar-refractivity contribution < 1.29 is 13.9 Å². The van der Waals surface area contributed by atoms with Crippen LogP contribution in [0.15, 0.2) is 36.7 Å². The van der Waals surface area contributed by atoms with E-state index in [1.54, 1.807) is 45.2 Å². The number of carbonyl (C=O) groups is 1. The van der Waals surface area contributed by atoms with Crippen LogP contribution in [0.2, 0.25) is 0 Å². The summed E-state index contributed by atoms with van der Waals surface area (Å²) in [5, 5.41) is 6.91. The van der Waals surface area contributed by atoms with Gasteiger partial charge in [-0.3, -0.25) is 5.32 Å². The summed E-state index contributed by atoms with van der Waals surface area (Å²) in [5.74, 6) is -0.232. The first kappa shape index (κ1) is 15.9. The predicted octanol–water partition coefficient (Wildman–Crippen LogP) is 3.28. The zero-order valence-electron chi connectivity index (χ0n) is 13.4. The standard InChI is InChI=1S/C16H16FN5O2/c1-16(2,3)24-15(23)19-11-5-7-22-13(9-11)20-14(21-22)10-4-6-18-12(17)8-10/h4-9H,1-3H3,(H,19,23). The molecule has 1 amide bonds. The lowest BCUT2D eigenvalue weighted by Crippen LogP contribution is -2.27. The number of carbonyl (C=O) groups excluding carboxylic acids is 1. The molecule has 3 heterocycles. The molecule has 0 bridgehead atoms. The summed E-state index contributed by atoms with van der Waals surface area (Å²) < 4.78 is 20.0. The van der Waals surface area contributed by atoms with Gasteiger partial charge >= 0.3 is 6.09 Å². The number of rotatable bonds is 2. The number of nitrogens with one attached hydrogen (secondary N) is 1. The second kappa shape index (κ2) is 5.88. The average molecular weight is 329 g/mol. The molecule has 0 aliphatic carbocycles. The van der Waals surface area contributed by atoms with E-state index in [1.165, 1.54) is 16.8 Å². The van der Waals surface area contributed by atoms with Gasteiger partial charge in [0.2, 0.25) is 5.95 Å². The van der Waals surface area contributed by atoms with Crippen molar-refractivity contribution in [2.75, 3.05) is 5.32 Å². The molecule has 0 aromatic carbocycles. The van der Waals surface area contributed by atoms with Crippen LogP contribution >= 0.6 is 0 Å². The van der Waals surface area contributed by atoms with E-state index in [4.69, 9.17) is 4.74 Å². The molecule has 3 aromatic rings. The Labute approximate surface area is 137 Å². The van der Waals surface area contributed by atoms with Crippen LogP contribution in [0.25, 0.3) is 17.0 Å². The van der Waals surface area contributed by atoms with Crippen molar-refractivity contribution in [2.24, 2.45) is 0 Å². The molecule has 0 radical (unpaired) electrons. The molecule has 7 nitrogen and oxygen atoms in total. The van der Waals surface area contributed by atoms with Crippen molar-refractivity contribution in [3.8, 4) is 11.4 Å². The van der Waals surface area contributed by atoms with Crippen LogP contribution in [0, 0.1) is 5.95 Å². The van der Waals surface area contributed by atoms with Crippen molar-refractivity contribution in [2.45, 2.75) is 26.4 Å². The van der Waals surface area contributed by atoms with Crippen molar-refractivity contribution in [3.05, 3.63) is 42.6 Å². The molecule has 0 atom stereocenters. The van der Waals surface area contributed by atoms with Gasteiger partial charge in [0.25, 0.3) is 0 Å². The Balaban J connectivity index is 1.85. The SMILES string of the molecule is CC(C)(C)OC(=O)Nc1ccn2nc(-c3ccnc(F)c3)nc2c1. The summed E-state index contributed by atoms with van der Waals surface area (Å²) >= 11 is 0. The van der Waals surface area contributed by atoms with Gasteiger partial charge in [-0.2, -0.15) is 4.39 Å². The minimum atomic E-state index is -0.598. The largest absolute Gasteiger partial charge is 0.444 e. The molecule has 3 rings (SSSR count). The quantitative estimate of drug-likeness (QED) is 0.730. The highest BCUT2D eigenvalue weighted by molar-refractivity contribution is 5.85. The smallest absolute Gasteiger partial charge is 0.412 e. The summed E-state index contributed by atoms with van der Waals surface area (Å²) in [5.41, 5.74) is 0.974. The number of fused-ring (bicyclic) bond motifs is 1. The molecule has 0 saturated heterocycles. The highest BCUT2D eigenvalue weighted by atomic mass is 19.1. The maximum atomic E-state index is 13.2. The fourth-order valence-electron chi connectivity index (χ4n) is 2.04. The maximum absolute atomic E-state index is 13.2. The van der Waals surface area contributed by atoms with Crippen molar-refractivity contribution >= 4 is 17.4 Å². The van der Waals surface area contributed by atoms with E-state index in [9.17, 15) is 9.18 Å². The number of ether oxygens (including phenoxy) is 1. The highest BCUT2D eigenvalue weighted by Gasteiger charge is 2.16. The zero-order valence-corrected chi connectivity index (χ0v) is 13.4. The number of hydrogen-bond donors (Lipinski definition) is 1. The van der Waals surface area contributed by atoms with Gasteiger partial charge in [0.15, 0.2) is 11.5 Å². The van der Waals surface area contributed by atoms with E-state index in [2.05, 4.69) is 20.4 Å². The summed E-state index contributed by atoms with van der Waals surface area (Å²) in [6.45, 7) is 5.36. The molecule has 0 fully saturated rings. The molecular formula is C16H16FN5O2. The Morgan fingerprint density at radius 1 is 1.29 bits per heavy atom. The maximum Gasteiger partial charge on any atom is 0.412 e. The lowest BCUT2D eigenvalue weighted by atomic mass is 10.2. The van der Waals surface area contributed by atoms with Gasteiger partial charge in [0.1, 0.15) is 5.60 Å². The first-order valence-electron chi connectivity index (χ1n) is 7.28. The summed E-state index contributed by atoms with van der Waals surface area (Å²) in [6.07, 6.45) is 2.45. The van der Waals surface area contributed by atoms with Crippen LogP contribution in [0.5, 0.6) is 0 Å². The van der Waals surface area contributed by atoms with E-state index in [0.717, 1.165) is 0 Å². The van der Waals surface area contributed by atoms with Crippen LogP contribution in [-0.4, -0.2) is 31.3 Å². The first-order valence-corrected chi connectivity index (χ1v) is 7.28. The van der Waals surface area contributed by atoms with Crippen molar-refractivity contribution in [1.29, 1.82) is 0 Å². The lowest BCUT2D eigenvalue weighted by molar-refractivity contribution is 0.0636. The fourth-order valence-corrected chi connectivity index (χ4v) is 2.04. The molecule has 3 aromatic heterocycles. The number of aromatic nitrogens is 4. The normalized spacial score (nSPS) is 11.5. The van der Waals surface area contributed by atoms with Gasteiger partial charge in [-0.1, -0.05) is 0 Å². The number of hydrogen-bond acceptors (Lipinski definition) is 5. The molecule has 0 aliphatic heterocycles. The first-order chi connectivity index (χ1) is 11.3. The van der Waals surface area contributed by atoms with Crippen molar-refractivity contribution in [3.63, 3.8) is 0 Å². The van der Waals surface area contributed by atoms with Crippen LogP contribution in [0.1, 0.15) is 20.8 Å². The van der Waals surface area contributed by atoms with Gasteiger partial charge in [0, 0.05) is 35.8 Å². The van der Waals surface area contributed by atoms with Gasteiger partial charge in [-0.15, -0.1) is 5.10 Å². The summed E-state index contributed by atoms with van der Waals surface area (Å²) in [4.78, 5) is 19.6. The fraction of sp³-hybridized carbons (Fsp3) is 0.250. The van der Waals surface area contributed by atoms with Gasteiger partial charge in [-0.05, 0) is 32.9 Å². The second-order valence-electron chi connectivity index (χ2n) is 6.15. The lowest BCUT2D eigenvalue weighted by Gasteiger charge is -2.19. The van der Waals surface area contributed by atoms with Gasteiger partial charge in [-0.25, -0.2) is 19.3 Å². The van der Waals surface area contributed by atoms with Crippen LogP contribution in [0.3, 0.4) is 0 Å². The second-order valence-corrected chi connectivity index (χ2v) is 6.15. The third-order valence-electron chi connectivity index (χ3n) is 2.97. The molecule has 124 valence electrons. The monoisotopic (exact) mass is 329 g/mol. The number of nitrogens with zero attached hydrogens (tertiary/aromatic N) is 4. The molecular weight excluding hydrogens is 313 g/mol. The minimum Gasteiger partial charge on any atom is -0.444 e. The number of pyridine rings is 2. The van der Waals surface area contributed by atoms with Crippen LogP contribution in [-0.2, 0) is 4.74 Å². The zero-order chi connectivity index (χ0) is 17.3. The summed E-state index contributed by atoms with van der Waals surface area (Å²) in [7, 11) is 0. The molecule has 1 N–H and O–H groups in total. The third-order valence-corrected chi connectivity index (χ3v) is 2.97. The Hall–Kier alpha value is -3.03. The Bertz CT molecular complexity index is 901. The number of amides is 1. The van der Waals surface area contributed by atoms with Crippen molar-refractivity contribution in [1.82, 2.24) is 19.6 Å². The Morgan fingerprint density at radius 2 is 2.08 bits per heavy atom. The van der Waals surface area contributed by atoms with Crippen LogP contribution < -0.4 is 5.32 Å². The predicted molar refractivity (Wildman–Crippen MR) is 86.0 cm³/mol. The number of halogens is 1. The van der Waals surface area contributed by atoms with Gasteiger partial charge < -0.3 is 4.74 Å². The van der Waals surface area contributed by atoms with Gasteiger partial charge in [0.05, 0.1) is 0 Å². The van der Waals surface area contributed by atoms with E-state index in [1.807, 2.05) is 0 Å². The summed E-state index contributed by atoms with van der Waals surface area (Å²) in [6, 6.07) is 6.20.